The molecule has 1 aromatic carbocycles. The number of anilines is 2. The number of halogens is 2. The summed E-state index contributed by atoms with van der Waals surface area (Å²) in [6, 6.07) is 4.11. The third-order valence-electron chi connectivity index (χ3n) is 4.91. The SMILES string of the molecule is CN(c1ccnc(N)n1)[C@@H]1C[C@H]([C@H](O)c2ccc(F)c(F)c2)[C@@H](O)[C@H]1O. The Hall–Kier alpha value is -2.36. The summed E-state index contributed by atoms with van der Waals surface area (Å²) in [5, 5.41) is 31.3. The van der Waals surface area contributed by atoms with Crippen LogP contribution >= 0.6 is 0 Å². The molecule has 1 heterocycles. The van der Waals surface area contributed by atoms with Crippen molar-refractivity contribution in [2.24, 2.45) is 5.92 Å². The van der Waals surface area contributed by atoms with Gasteiger partial charge in [0.1, 0.15) is 11.9 Å². The lowest BCUT2D eigenvalue weighted by atomic mass is 9.92. The van der Waals surface area contributed by atoms with Gasteiger partial charge in [0.15, 0.2) is 11.6 Å². The van der Waals surface area contributed by atoms with Gasteiger partial charge in [-0.1, -0.05) is 6.07 Å². The van der Waals surface area contributed by atoms with Crippen molar-refractivity contribution in [3.8, 4) is 0 Å². The molecule has 2 aromatic rings. The van der Waals surface area contributed by atoms with Gasteiger partial charge in [0.25, 0.3) is 0 Å². The Morgan fingerprint density at radius 3 is 2.58 bits per heavy atom. The molecule has 0 unspecified atom stereocenters. The molecule has 1 aliphatic carbocycles. The number of hydrogen-bond acceptors (Lipinski definition) is 7. The Kier molecular flexibility index (Phi) is 5.03. The summed E-state index contributed by atoms with van der Waals surface area (Å²) < 4.78 is 26.5. The fourth-order valence-corrected chi connectivity index (χ4v) is 3.42. The molecule has 26 heavy (non-hydrogen) atoms. The molecule has 1 fully saturated rings. The summed E-state index contributed by atoms with van der Waals surface area (Å²) in [5.41, 5.74) is 5.70. The standard InChI is InChI=1S/C17H20F2N4O3/c1-23(13-4-5-21-17(20)22-13)12-7-9(15(25)16(12)26)14(24)8-2-3-10(18)11(19)6-8/h2-6,9,12,14-16,24-26H,7H2,1H3,(H2,20,21,22)/t9-,12-,14-,15-,16+/m1/s1. The van der Waals surface area contributed by atoms with Gasteiger partial charge in [-0.15, -0.1) is 0 Å². The number of rotatable bonds is 4. The quantitative estimate of drug-likeness (QED) is 0.627. The molecule has 140 valence electrons. The second kappa shape index (κ2) is 7.10. The van der Waals surface area contributed by atoms with Crippen molar-refractivity contribution >= 4 is 11.8 Å². The van der Waals surface area contributed by atoms with Crippen LogP contribution in [0.3, 0.4) is 0 Å². The smallest absolute Gasteiger partial charge is 0.221 e. The molecule has 0 aliphatic heterocycles. The van der Waals surface area contributed by atoms with E-state index in [0.717, 1.165) is 12.1 Å². The summed E-state index contributed by atoms with van der Waals surface area (Å²) in [6.07, 6.45) is -1.99. The van der Waals surface area contributed by atoms with E-state index >= 15 is 0 Å². The zero-order valence-corrected chi connectivity index (χ0v) is 14.0. The third kappa shape index (κ3) is 3.33. The van der Waals surface area contributed by atoms with E-state index in [2.05, 4.69) is 9.97 Å². The lowest BCUT2D eigenvalue weighted by molar-refractivity contribution is -0.0232. The summed E-state index contributed by atoms with van der Waals surface area (Å²) in [7, 11) is 1.68. The van der Waals surface area contributed by atoms with Crippen molar-refractivity contribution in [1.29, 1.82) is 0 Å². The van der Waals surface area contributed by atoms with Crippen LogP contribution in [-0.4, -0.2) is 50.6 Å². The van der Waals surface area contributed by atoms with Gasteiger partial charge in [-0.3, -0.25) is 0 Å². The highest BCUT2D eigenvalue weighted by atomic mass is 19.2. The predicted molar refractivity (Wildman–Crippen MR) is 90.1 cm³/mol. The maximum atomic E-state index is 13.4. The number of nitrogens with two attached hydrogens (primary N) is 1. The molecule has 0 saturated heterocycles. The van der Waals surface area contributed by atoms with Gasteiger partial charge in [-0.05, 0) is 30.2 Å². The van der Waals surface area contributed by atoms with Crippen LogP contribution in [0, 0.1) is 17.6 Å². The molecule has 1 aliphatic rings. The zero-order chi connectivity index (χ0) is 19.0. The van der Waals surface area contributed by atoms with Crippen LogP contribution in [0.15, 0.2) is 30.5 Å². The highest BCUT2D eigenvalue weighted by Crippen LogP contribution is 2.39. The van der Waals surface area contributed by atoms with Gasteiger partial charge in [0.05, 0.1) is 18.2 Å². The molecule has 1 aromatic heterocycles. The van der Waals surface area contributed by atoms with Crippen molar-refractivity contribution < 1.29 is 24.1 Å². The number of likely N-dealkylation sites (N-methyl/N-ethyl adjacent to an activating group) is 1. The highest BCUT2D eigenvalue weighted by molar-refractivity contribution is 5.42. The van der Waals surface area contributed by atoms with Gasteiger partial charge in [-0.25, -0.2) is 13.8 Å². The van der Waals surface area contributed by atoms with Crippen LogP contribution in [-0.2, 0) is 0 Å². The lowest BCUT2D eigenvalue weighted by Crippen LogP contribution is -2.42. The van der Waals surface area contributed by atoms with Gasteiger partial charge in [0.2, 0.25) is 5.95 Å². The molecule has 0 amide bonds. The Morgan fingerprint density at radius 1 is 1.19 bits per heavy atom. The highest BCUT2D eigenvalue weighted by Gasteiger charge is 2.47. The minimum atomic E-state index is -1.26. The average Bonchev–Trinajstić information content (AvgIpc) is 2.91. The number of aromatic nitrogens is 2. The van der Waals surface area contributed by atoms with Gasteiger partial charge < -0.3 is 26.0 Å². The maximum Gasteiger partial charge on any atom is 0.221 e. The van der Waals surface area contributed by atoms with E-state index in [0.29, 0.717) is 5.82 Å². The van der Waals surface area contributed by atoms with Crippen LogP contribution < -0.4 is 10.6 Å². The second-order valence-corrected chi connectivity index (χ2v) is 6.45. The Morgan fingerprint density at radius 2 is 1.92 bits per heavy atom. The molecule has 0 bridgehead atoms. The Bertz CT molecular complexity index is 794. The largest absolute Gasteiger partial charge is 0.390 e. The van der Waals surface area contributed by atoms with E-state index in [1.54, 1.807) is 18.0 Å². The van der Waals surface area contributed by atoms with E-state index in [1.165, 1.54) is 12.3 Å². The fraction of sp³-hybridized carbons (Fsp3) is 0.412. The van der Waals surface area contributed by atoms with Crippen molar-refractivity contribution in [3.63, 3.8) is 0 Å². The van der Waals surface area contributed by atoms with E-state index in [-0.39, 0.29) is 17.9 Å². The molecule has 5 atom stereocenters. The van der Waals surface area contributed by atoms with E-state index in [1.807, 2.05) is 0 Å². The first kappa shape index (κ1) is 18.4. The molecule has 3 rings (SSSR count). The molecule has 7 nitrogen and oxygen atoms in total. The van der Waals surface area contributed by atoms with E-state index < -0.39 is 41.9 Å². The summed E-state index contributed by atoms with van der Waals surface area (Å²) in [6.45, 7) is 0. The Balaban J connectivity index is 1.81. The minimum Gasteiger partial charge on any atom is -0.390 e. The number of nitrogen functional groups attached to an aromatic ring is 1. The predicted octanol–water partition coefficient (Wildman–Crippen LogP) is 0.617. The molecule has 9 heteroatoms. The first-order valence-electron chi connectivity index (χ1n) is 8.10. The second-order valence-electron chi connectivity index (χ2n) is 6.45. The molecule has 5 N–H and O–H groups in total. The number of benzene rings is 1. The van der Waals surface area contributed by atoms with Crippen molar-refractivity contribution in [2.45, 2.75) is 30.8 Å². The number of nitrogens with zero attached hydrogens (tertiary/aromatic N) is 3. The summed E-state index contributed by atoms with van der Waals surface area (Å²) >= 11 is 0. The van der Waals surface area contributed by atoms with Crippen molar-refractivity contribution in [2.75, 3.05) is 17.7 Å². The van der Waals surface area contributed by atoms with Crippen LogP contribution in [0.4, 0.5) is 20.5 Å². The molecule has 0 spiro atoms. The van der Waals surface area contributed by atoms with E-state index in [9.17, 15) is 24.1 Å². The monoisotopic (exact) mass is 366 g/mol. The van der Waals surface area contributed by atoms with Gasteiger partial charge >= 0.3 is 0 Å². The number of aliphatic hydroxyl groups is 3. The topological polar surface area (TPSA) is 116 Å². The fourth-order valence-electron chi connectivity index (χ4n) is 3.42. The first-order valence-corrected chi connectivity index (χ1v) is 8.10. The zero-order valence-electron chi connectivity index (χ0n) is 14.0. The van der Waals surface area contributed by atoms with Crippen LogP contribution in [0.25, 0.3) is 0 Å². The minimum absolute atomic E-state index is 0.0701. The van der Waals surface area contributed by atoms with Gasteiger partial charge in [0, 0.05) is 19.2 Å². The summed E-state index contributed by atoms with van der Waals surface area (Å²) in [5.74, 6) is -2.34. The molecule has 1 saturated carbocycles. The number of hydrogen-bond donors (Lipinski definition) is 4. The van der Waals surface area contributed by atoms with Gasteiger partial charge in [-0.2, -0.15) is 4.98 Å². The Labute approximate surface area is 148 Å². The summed E-state index contributed by atoms with van der Waals surface area (Å²) in [4.78, 5) is 9.52. The molecular formula is C17H20F2N4O3. The van der Waals surface area contributed by atoms with Crippen molar-refractivity contribution in [3.05, 3.63) is 47.7 Å². The maximum absolute atomic E-state index is 13.4. The van der Waals surface area contributed by atoms with Crippen molar-refractivity contribution in [1.82, 2.24) is 9.97 Å². The van der Waals surface area contributed by atoms with Crippen LogP contribution in [0.2, 0.25) is 0 Å². The first-order chi connectivity index (χ1) is 12.3. The normalized spacial score (nSPS) is 26.7. The average molecular weight is 366 g/mol. The van der Waals surface area contributed by atoms with Crippen LogP contribution in [0.1, 0.15) is 18.1 Å². The van der Waals surface area contributed by atoms with E-state index in [4.69, 9.17) is 5.73 Å². The molecule has 0 radical (unpaired) electrons. The number of aliphatic hydroxyl groups excluding tert-OH is 3. The third-order valence-corrected chi connectivity index (χ3v) is 4.91. The van der Waals surface area contributed by atoms with Crippen LogP contribution in [0.5, 0.6) is 0 Å². The lowest BCUT2D eigenvalue weighted by Gasteiger charge is -2.28. The molecular weight excluding hydrogens is 346 g/mol.